The molecule has 1 N–H and O–H groups in total. The van der Waals surface area contributed by atoms with Gasteiger partial charge in [-0.2, -0.15) is 0 Å². The molecule has 0 aliphatic carbocycles. The van der Waals surface area contributed by atoms with Crippen LogP contribution in [0.2, 0.25) is 0 Å². The normalized spacial score (nSPS) is 22.8. The lowest BCUT2D eigenvalue weighted by molar-refractivity contribution is -0.0387. The van der Waals surface area contributed by atoms with Crippen LogP contribution in [0.3, 0.4) is 0 Å². The van der Waals surface area contributed by atoms with Crippen LogP contribution in [0.1, 0.15) is 40.5 Å². The highest BCUT2D eigenvalue weighted by molar-refractivity contribution is 5.05. The van der Waals surface area contributed by atoms with Crippen molar-refractivity contribution < 1.29 is 4.74 Å². The van der Waals surface area contributed by atoms with E-state index in [2.05, 4.69) is 44.0 Å². The molecule has 3 heteroatoms. The van der Waals surface area contributed by atoms with Crippen molar-refractivity contribution in [2.45, 2.75) is 52.7 Å². The molecular weight excluding hydrogens is 224 g/mol. The van der Waals surface area contributed by atoms with Gasteiger partial charge in [-0.1, -0.05) is 25.5 Å². The van der Waals surface area contributed by atoms with Crippen molar-refractivity contribution in [3.63, 3.8) is 0 Å². The maximum absolute atomic E-state index is 5.97. The smallest absolute Gasteiger partial charge is 0.0891 e. The molecule has 1 rings (SSSR count). The average Bonchev–Trinajstić information content (AvgIpc) is 2.35. The van der Waals surface area contributed by atoms with Crippen molar-refractivity contribution in [2.24, 2.45) is 0 Å². The summed E-state index contributed by atoms with van der Waals surface area (Å²) >= 11 is 0. The van der Waals surface area contributed by atoms with E-state index in [4.69, 9.17) is 4.74 Å². The molecule has 0 bridgehead atoms. The van der Waals surface area contributed by atoms with E-state index in [-0.39, 0.29) is 0 Å². The van der Waals surface area contributed by atoms with Crippen LogP contribution in [0.25, 0.3) is 0 Å². The van der Waals surface area contributed by atoms with Crippen molar-refractivity contribution in [1.29, 1.82) is 0 Å². The second-order valence-corrected chi connectivity index (χ2v) is 5.43. The zero-order chi connectivity index (χ0) is 13.4. The van der Waals surface area contributed by atoms with E-state index >= 15 is 0 Å². The molecule has 2 unspecified atom stereocenters. The van der Waals surface area contributed by atoms with Crippen molar-refractivity contribution in [2.75, 3.05) is 32.8 Å². The van der Waals surface area contributed by atoms with Crippen LogP contribution in [0, 0.1) is 0 Å². The Morgan fingerprint density at radius 3 is 2.78 bits per heavy atom. The Balaban J connectivity index is 2.57. The van der Waals surface area contributed by atoms with Crippen LogP contribution in [0.5, 0.6) is 0 Å². The minimum Gasteiger partial charge on any atom is -0.374 e. The Labute approximate surface area is 113 Å². The fourth-order valence-corrected chi connectivity index (χ4v) is 2.44. The lowest BCUT2D eigenvalue weighted by Crippen LogP contribution is -2.51. The molecule has 0 aromatic rings. The topological polar surface area (TPSA) is 24.5 Å². The first-order valence-corrected chi connectivity index (χ1v) is 7.39. The fourth-order valence-electron chi connectivity index (χ4n) is 2.44. The van der Waals surface area contributed by atoms with Crippen molar-refractivity contribution in [3.8, 4) is 0 Å². The summed E-state index contributed by atoms with van der Waals surface area (Å²) in [6, 6.07) is 0.356. The Morgan fingerprint density at radius 2 is 2.17 bits per heavy atom. The van der Waals surface area contributed by atoms with Gasteiger partial charge in [0.15, 0.2) is 0 Å². The standard InChI is InChI=1S/C15H30N2O/c1-5-7-16-14(11-13(3)4)15-12-17(8-6-2)9-10-18-15/h11,14-16H,5-10,12H2,1-4H3. The second-order valence-electron chi connectivity index (χ2n) is 5.43. The van der Waals surface area contributed by atoms with Crippen LogP contribution >= 0.6 is 0 Å². The molecule has 0 radical (unpaired) electrons. The fraction of sp³-hybridized carbons (Fsp3) is 0.867. The highest BCUT2D eigenvalue weighted by atomic mass is 16.5. The van der Waals surface area contributed by atoms with E-state index in [1.165, 1.54) is 25.0 Å². The number of hydrogen-bond acceptors (Lipinski definition) is 3. The van der Waals surface area contributed by atoms with Crippen molar-refractivity contribution in [3.05, 3.63) is 11.6 Å². The third-order valence-corrected chi connectivity index (χ3v) is 3.26. The first kappa shape index (κ1) is 15.7. The maximum atomic E-state index is 5.97. The largest absolute Gasteiger partial charge is 0.374 e. The van der Waals surface area contributed by atoms with Gasteiger partial charge in [-0.05, 0) is 39.8 Å². The molecule has 0 aromatic heterocycles. The molecule has 3 nitrogen and oxygen atoms in total. The third kappa shape index (κ3) is 5.51. The van der Waals surface area contributed by atoms with Gasteiger partial charge in [0.2, 0.25) is 0 Å². The first-order chi connectivity index (χ1) is 8.67. The molecule has 2 atom stereocenters. The monoisotopic (exact) mass is 254 g/mol. The minimum absolute atomic E-state index is 0.298. The second kappa shape index (κ2) is 8.68. The summed E-state index contributed by atoms with van der Waals surface area (Å²) in [6.07, 6.45) is 5.00. The van der Waals surface area contributed by atoms with Crippen molar-refractivity contribution >= 4 is 0 Å². The molecule has 106 valence electrons. The lowest BCUT2D eigenvalue weighted by atomic mass is 10.1. The molecule has 0 amide bonds. The van der Waals surface area contributed by atoms with E-state index in [0.29, 0.717) is 12.1 Å². The molecular formula is C15H30N2O. The molecule has 0 aromatic carbocycles. The quantitative estimate of drug-likeness (QED) is 0.706. The number of allylic oxidation sites excluding steroid dienone is 1. The first-order valence-electron chi connectivity index (χ1n) is 7.39. The Morgan fingerprint density at radius 1 is 1.39 bits per heavy atom. The van der Waals surface area contributed by atoms with Gasteiger partial charge < -0.3 is 10.1 Å². The number of morpholine rings is 1. The average molecular weight is 254 g/mol. The zero-order valence-electron chi connectivity index (χ0n) is 12.5. The predicted octanol–water partition coefficient (Wildman–Crippen LogP) is 2.43. The molecule has 0 saturated carbocycles. The summed E-state index contributed by atoms with van der Waals surface area (Å²) in [4.78, 5) is 2.52. The van der Waals surface area contributed by atoms with Crippen LogP contribution in [-0.4, -0.2) is 49.8 Å². The lowest BCUT2D eigenvalue weighted by Gasteiger charge is -2.36. The number of hydrogen-bond donors (Lipinski definition) is 1. The van der Waals surface area contributed by atoms with Crippen LogP contribution in [0.15, 0.2) is 11.6 Å². The van der Waals surface area contributed by atoms with Gasteiger partial charge in [0, 0.05) is 13.1 Å². The molecule has 0 spiro atoms. The van der Waals surface area contributed by atoms with Gasteiger partial charge in [0.25, 0.3) is 0 Å². The highest BCUT2D eigenvalue weighted by Gasteiger charge is 2.25. The summed E-state index contributed by atoms with van der Waals surface area (Å²) in [6.45, 7) is 14.0. The van der Waals surface area contributed by atoms with E-state index in [9.17, 15) is 0 Å². The highest BCUT2D eigenvalue weighted by Crippen LogP contribution is 2.12. The van der Waals surface area contributed by atoms with E-state index in [1.54, 1.807) is 0 Å². The number of rotatable bonds is 7. The molecule has 1 aliphatic heterocycles. The van der Waals surface area contributed by atoms with Gasteiger partial charge in [0.05, 0.1) is 18.8 Å². The summed E-state index contributed by atoms with van der Waals surface area (Å²) in [5.74, 6) is 0. The third-order valence-electron chi connectivity index (χ3n) is 3.26. The number of nitrogens with one attached hydrogen (secondary N) is 1. The predicted molar refractivity (Wildman–Crippen MR) is 78.0 cm³/mol. The van der Waals surface area contributed by atoms with Gasteiger partial charge >= 0.3 is 0 Å². The maximum Gasteiger partial charge on any atom is 0.0891 e. The number of ether oxygens (including phenoxy) is 1. The van der Waals surface area contributed by atoms with Crippen LogP contribution in [-0.2, 0) is 4.74 Å². The van der Waals surface area contributed by atoms with Gasteiger partial charge in [-0.15, -0.1) is 0 Å². The Bertz CT molecular complexity index is 247. The summed E-state index contributed by atoms with van der Waals surface area (Å²) in [7, 11) is 0. The van der Waals surface area contributed by atoms with Crippen molar-refractivity contribution in [1.82, 2.24) is 10.2 Å². The van der Waals surface area contributed by atoms with E-state index in [1.807, 2.05) is 0 Å². The van der Waals surface area contributed by atoms with Crippen LogP contribution in [0.4, 0.5) is 0 Å². The minimum atomic E-state index is 0.298. The molecule has 18 heavy (non-hydrogen) atoms. The Kier molecular flexibility index (Phi) is 7.56. The van der Waals surface area contributed by atoms with Crippen LogP contribution < -0.4 is 5.32 Å². The zero-order valence-corrected chi connectivity index (χ0v) is 12.5. The van der Waals surface area contributed by atoms with E-state index in [0.717, 1.165) is 26.2 Å². The summed E-state index contributed by atoms with van der Waals surface area (Å²) in [5, 5.41) is 3.61. The molecule has 1 fully saturated rings. The molecule has 1 aliphatic rings. The SMILES string of the molecule is CCCNC(C=C(C)C)C1CN(CCC)CCO1. The summed E-state index contributed by atoms with van der Waals surface area (Å²) < 4.78 is 5.97. The molecule has 1 saturated heterocycles. The Hall–Kier alpha value is -0.380. The van der Waals surface area contributed by atoms with Gasteiger partial charge in [-0.3, -0.25) is 4.90 Å². The molecule has 1 heterocycles. The number of nitrogens with zero attached hydrogens (tertiary/aromatic N) is 1. The van der Waals surface area contributed by atoms with Gasteiger partial charge in [-0.25, -0.2) is 0 Å². The summed E-state index contributed by atoms with van der Waals surface area (Å²) in [5.41, 5.74) is 1.36. The van der Waals surface area contributed by atoms with Gasteiger partial charge in [0.1, 0.15) is 0 Å². The van der Waals surface area contributed by atoms with E-state index < -0.39 is 0 Å².